The molecule has 5 heteroatoms. The fourth-order valence-corrected chi connectivity index (χ4v) is 5.08. The standard InChI is InChI=1S/C23H38O5/c1-2-13-23(14-8-15-23)21(26)11-7-10-18-17(19(24)16-20(18)25)9-5-3-4-6-12-22(27)28/h7,10,17-18,20-21,25-26H,2-6,8-9,11-16H2,1H3,(H,27,28)/b10-7+/t17-,18-,20-,21?/m1/s1. The minimum absolute atomic E-state index is 0.0819. The Bertz CT molecular complexity index is 537. The van der Waals surface area contributed by atoms with Crippen LogP contribution in [0.4, 0.5) is 0 Å². The second kappa shape index (κ2) is 11.1. The number of carbonyl (C=O) groups is 2. The fraction of sp³-hybridized carbons (Fsp3) is 0.826. The highest BCUT2D eigenvalue weighted by atomic mass is 16.4. The van der Waals surface area contributed by atoms with Crippen LogP contribution in [0.3, 0.4) is 0 Å². The zero-order valence-electron chi connectivity index (χ0n) is 17.3. The first-order chi connectivity index (χ1) is 13.4. The van der Waals surface area contributed by atoms with Crippen LogP contribution in [0.1, 0.15) is 90.4 Å². The molecule has 0 aromatic heterocycles. The Balaban J connectivity index is 1.79. The summed E-state index contributed by atoms with van der Waals surface area (Å²) in [5, 5.41) is 29.6. The Hall–Kier alpha value is -1.20. The molecule has 2 saturated carbocycles. The number of unbranched alkanes of at least 4 members (excludes halogenated alkanes) is 3. The maximum absolute atomic E-state index is 12.3. The summed E-state index contributed by atoms with van der Waals surface area (Å²) < 4.78 is 0. The predicted molar refractivity (Wildman–Crippen MR) is 109 cm³/mol. The van der Waals surface area contributed by atoms with Crippen LogP contribution in [0.5, 0.6) is 0 Å². The van der Waals surface area contributed by atoms with Gasteiger partial charge in [-0.1, -0.05) is 51.2 Å². The summed E-state index contributed by atoms with van der Waals surface area (Å²) in [5.41, 5.74) is 0.0819. The number of rotatable bonds is 13. The second-order valence-corrected chi connectivity index (χ2v) is 8.91. The van der Waals surface area contributed by atoms with Crippen LogP contribution in [0.25, 0.3) is 0 Å². The molecule has 4 atom stereocenters. The van der Waals surface area contributed by atoms with E-state index >= 15 is 0 Å². The van der Waals surface area contributed by atoms with Crippen LogP contribution in [0, 0.1) is 17.3 Å². The van der Waals surface area contributed by atoms with Crippen molar-refractivity contribution in [1.29, 1.82) is 0 Å². The Labute approximate surface area is 169 Å². The van der Waals surface area contributed by atoms with Crippen molar-refractivity contribution in [3.8, 4) is 0 Å². The van der Waals surface area contributed by atoms with Gasteiger partial charge < -0.3 is 15.3 Å². The molecule has 0 spiro atoms. The smallest absolute Gasteiger partial charge is 0.303 e. The molecule has 0 radical (unpaired) electrons. The molecular formula is C23H38O5. The SMILES string of the molecule is CCCC1(C(O)C/C=C/[C@H]2[C@H](O)CC(=O)[C@@H]2CCCCCCC(=O)O)CCC1. The van der Waals surface area contributed by atoms with Gasteiger partial charge in [0.1, 0.15) is 5.78 Å². The van der Waals surface area contributed by atoms with E-state index in [0.717, 1.165) is 51.4 Å². The summed E-state index contributed by atoms with van der Waals surface area (Å²) in [4.78, 5) is 22.8. The Morgan fingerprint density at radius 2 is 1.96 bits per heavy atom. The van der Waals surface area contributed by atoms with Gasteiger partial charge in [-0.15, -0.1) is 0 Å². The third-order valence-corrected chi connectivity index (χ3v) is 6.91. The summed E-state index contributed by atoms with van der Waals surface area (Å²) in [6.07, 6.45) is 13.7. The van der Waals surface area contributed by atoms with E-state index in [1.54, 1.807) is 0 Å². The minimum atomic E-state index is -0.760. The highest BCUT2D eigenvalue weighted by molar-refractivity contribution is 5.84. The van der Waals surface area contributed by atoms with Crippen molar-refractivity contribution < 1.29 is 24.9 Å². The molecule has 2 aliphatic carbocycles. The van der Waals surface area contributed by atoms with Crippen molar-refractivity contribution in [2.75, 3.05) is 0 Å². The van der Waals surface area contributed by atoms with E-state index in [-0.39, 0.29) is 42.0 Å². The number of hydrogen-bond acceptors (Lipinski definition) is 4. The largest absolute Gasteiger partial charge is 0.481 e. The number of aliphatic hydroxyl groups excluding tert-OH is 2. The van der Waals surface area contributed by atoms with Gasteiger partial charge in [-0.3, -0.25) is 9.59 Å². The highest BCUT2D eigenvalue weighted by Gasteiger charge is 2.42. The number of carboxylic acids is 1. The van der Waals surface area contributed by atoms with Crippen molar-refractivity contribution >= 4 is 11.8 Å². The number of hydrogen-bond donors (Lipinski definition) is 3. The molecule has 0 aromatic carbocycles. The molecule has 5 nitrogen and oxygen atoms in total. The van der Waals surface area contributed by atoms with Gasteiger partial charge in [-0.2, -0.15) is 0 Å². The first-order valence-corrected chi connectivity index (χ1v) is 11.2. The Morgan fingerprint density at radius 1 is 1.25 bits per heavy atom. The van der Waals surface area contributed by atoms with Gasteiger partial charge in [0.15, 0.2) is 0 Å². The Morgan fingerprint density at radius 3 is 2.57 bits per heavy atom. The van der Waals surface area contributed by atoms with Crippen LogP contribution in [0.2, 0.25) is 0 Å². The van der Waals surface area contributed by atoms with Crippen molar-refractivity contribution in [2.45, 2.75) is 103 Å². The van der Waals surface area contributed by atoms with E-state index in [2.05, 4.69) is 6.92 Å². The van der Waals surface area contributed by atoms with Crippen LogP contribution in [0.15, 0.2) is 12.2 Å². The molecule has 0 heterocycles. The predicted octanol–water partition coefficient (Wildman–Crippen LogP) is 4.26. The number of Topliss-reactive ketones (excluding diaryl/α,β-unsaturated/α-hetero) is 1. The third-order valence-electron chi connectivity index (χ3n) is 6.91. The first kappa shape index (κ1) is 23.1. The second-order valence-electron chi connectivity index (χ2n) is 8.91. The van der Waals surface area contributed by atoms with Gasteiger partial charge in [-0.25, -0.2) is 0 Å². The molecule has 2 rings (SSSR count). The molecule has 2 fully saturated rings. The van der Waals surface area contributed by atoms with Crippen LogP contribution >= 0.6 is 0 Å². The summed E-state index contributed by atoms with van der Waals surface area (Å²) in [7, 11) is 0. The fourth-order valence-electron chi connectivity index (χ4n) is 5.08. The number of carboxylic acid groups (broad SMARTS) is 1. The quantitative estimate of drug-likeness (QED) is 0.320. The zero-order valence-corrected chi connectivity index (χ0v) is 17.3. The van der Waals surface area contributed by atoms with Crippen LogP contribution < -0.4 is 0 Å². The molecular weight excluding hydrogens is 356 g/mol. The maximum atomic E-state index is 12.3. The molecule has 2 aliphatic rings. The minimum Gasteiger partial charge on any atom is -0.481 e. The van der Waals surface area contributed by atoms with E-state index in [9.17, 15) is 19.8 Å². The van der Waals surface area contributed by atoms with Crippen molar-refractivity contribution in [3.63, 3.8) is 0 Å². The first-order valence-electron chi connectivity index (χ1n) is 11.2. The number of ketones is 1. The summed E-state index contributed by atoms with van der Waals surface area (Å²) in [5.74, 6) is -0.919. The van der Waals surface area contributed by atoms with E-state index < -0.39 is 12.1 Å². The van der Waals surface area contributed by atoms with Gasteiger partial charge in [0.05, 0.1) is 12.2 Å². The van der Waals surface area contributed by atoms with E-state index in [4.69, 9.17) is 5.11 Å². The lowest BCUT2D eigenvalue weighted by molar-refractivity contribution is -0.137. The molecule has 0 amide bonds. The van der Waals surface area contributed by atoms with Gasteiger partial charge in [0.2, 0.25) is 0 Å². The number of carbonyl (C=O) groups excluding carboxylic acids is 1. The topological polar surface area (TPSA) is 94.8 Å². The van der Waals surface area contributed by atoms with Crippen LogP contribution in [-0.4, -0.2) is 39.3 Å². The lowest BCUT2D eigenvalue weighted by atomic mass is 9.62. The number of aliphatic carboxylic acids is 1. The molecule has 0 aliphatic heterocycles. The highest BCUT2D eigenvalue weighted by Crippen LogP contribution is 2.48. The average Bonchev–Trinajstić information content (AvgIpc) is 2.87. The summed E-state index contributed by atoms with van der Waals surface area (Å²) >= 11 is 0. The van der Waals surface area contributed by atoms with Crippen molar-refractivity contribution in [1.82, 2.24) is 0 Å². The molecule has 0 saturated heterocycles. The zero-order chi connectivity index (χ0) is 20.6. The third kappa shape index (κ3) is 6.15. The van der Waals surface area contributed by atoms with E-state index in [0.29, 0.717) is 12.8 Å². The lowest BCUT2D eigenvalue weighted by Gasteiger charge is -2.45. The van der Waals surface area contributed by atoms with Gasteiger partial charge in [0.25, 0.3) is 0 Å². The average molecular weight is 395 g/mol. The molecule has 0 bridgehead atoms. The van der Waals surface area contributed by atoms with Gasteiger partial charge in [-0.05, 0) is 43.9 Å². The van der Waals surface area contributed by atoms with E-state index in [1.165, 1.54) is 6.42 Å². The molecule has 28 heavy (non-hydrogen) atoms. The summed E-state index contributed by atoms with van der Waals surface area (Å²) in [6.45, 7) is 2.16. The molecule has 0 aromatic rings. The number of aliphatic hydroxyl groups is 2. The van der Waals surface area contributed by atoms with E-state index in [1.807, 2.05) is 12.2 Å². The normalized spacial score (nSPS) is 27.8. The Kier molecular flexibility index (Phi) is 9.16. The molecule has 160 valence electrons. The maximum Gasteiger partial charge on any atom is 0.303 e. The van der Waals surface area contributed by atoms with Gasteiger partial charge >= 0.3 is 5.97 Å². The van der Waals surface area contributed by atoms with Crippen LogP contribution in [-0.2, 0) is 9.59 Å². The van der Waals surface area contributed by atoms with Crippen molar-refractivity contribution in [2.24, 2.45) is 17.3 Å². The monoisotopic (exact) mass is 394 g/mol. The van der Waals surface area contributed by atoms with Crippen molar-refractivity contribution in [3.05, 3.63) is 12.2 Å². The lowest BCUT2D eigenvalue weighted by Crippen LogP contribution is -2.41. The molecule has 1 unspecified atom stereocenters. The molecule has 3 N–H and O–H groups in total. The summed E-state index contributed by atoms with van der Waals surface area (Å²) in [6, 6.07) is 0. The van der Waals surface area contributed by atoms with Gasteiger partial charge in [0, 0.05) is 24.7 Å².